The zero-order chi connectivity index (χ0) is 14.6. The third kappa shape index (κ3) is 3.18. The SMILES string of the molecule is CCC1(CC)CNCCN1Cc1cc(OC)ccc1Br. The molecule has 0 unspecified atom stereocenters. The molecule has 0 bridgehead atoms. The number of hydrogen-bond donors (Lipinski definition) is 1. The van der Waals surface area contributed by atoms with Crippen molar-refractivity contribution in [2.75, 3.05) is 26.7 Å². The minimum Gasteiger partial charge on any atom is -0.497 e. The van der Waals surface area contributed by atoms with E-state index in [9.17, 15) is 0 Å². The smallest absolute Gasteiger partial charge is 0.119 e. The van der Waals surface area contributed by atoms with Crippen LogP contribution in [-0.4, -0.2) is 37.2 Å². The maximum Gasteiger partial charge on any atom is 0.119 e. The number of nitrogens with zero attached hydrogens (tertiary/aromatic N) is 1. The van der Waals surface area contributed by atoms with E-state index in [1.54, 1.807) is 7.11 Å². The van der Waals surface area contributed by atoms with Crippen molar-refractivity contribution in [3.8, 4) is 5.75 Å². The third-order valence-electron chi connectivity index (χ3n) is 4.61. The van der Waals surface area contributed by atoms with Gasteiger partial charge >= 0.3 is 0 Å². The highest BCUT2D eigenvalue weighted by Gasteiger charge is 2.35. The average Bonchev–Trinajstić information content (AvgIpc) is 2.50. The lowest BCUT2D eigenvalue weighted by molar-refractivity contribution is 0.0445. The summed E-state index contributed by atoms with van der Waals surface area (Å²) in [7, 11) is 1.72. The molecule has 1 aromatic carbocycles. The summed E-state index contributed by atoms with van der Waals surface area (Å²) in [5.41, 5.74) is 1.58. The molecule has 1 fully saturated rings. The molecule has 1 saturated heterocycles. The Labute approximate surface area is 130 Å². The van der Waals surface area contributed by atoms with Crippen LogP contribution < -0.4 is 10.1 Å². The minimum atomic E-state index is 0.279. The predicted molar refractivity (Wildman–Crippen MR) is 87.3 cm³/mol. The van der Waals surface area contributed by atoms with Crippen LogP contribution in [0.25, 0.3) is 0 Å². The molecule has 0 spiro atoms. The van der Waals surface area contributed by atoms with Gasteiger partial charge in [-0.2, -0.15) is 0 Å². The number of ether oxygens (including phenoxy) is 1. The highest BCUT2D eigenvalue weighted by Crippen LogP contribution is 2.30. The fourth-order valence-electron chi connectivity index (χ4n) is 3.08. The van der Waals surface area contributed by atoms with Crippen LogP contribution in [0.2, 0.25) is 0 Å². The van der Waals surface area contributed by atoms with Crippen LogP contribution in [0.15, 0.2) is 22.7 Å². The first-order chi connectivity index (χ1) is 9.65. The second kappa shape index (κ2) is 6.92. The summed E-state index contributed by atoms with van der Waals surface area (Å²) in [6, 6.07) is 6.22. The molecule has 3 nitrogen and oxygen atoms in total. The van der Waals surface area contributed by atoms with Crippen LogP contribution in [0, 0.1) is 0 Å². The first-order valence-electron chi connectivity index (χ1n) is 7.43. The standard InChI is InChI=1S/C16H25BrN2O/c1-4-16(5-2)12-18-8-9-19(16)11-13-10-14(20-3)6-7-15(13)17/h6-7,10,18H,4-5,8-9,11-12H2,1-3H3. The van der Waals surface area contributed by atoms with Gasteiger partial charge in [-0.1, -0.05) is 29.8 Å². The van der Waals surface area contributed by atoms with Crippen molar-refractivity contribution < 1.29 is 4.74 Å². The normalized spacial score (nSPS) is 19.0. The zero-order valence-electron chi connectivity index (χ0n) is 12.7. The molecule has 0 atom stereocenters. The van der Waals surface area contributed by atoms with Gasteiger partial charge in [0.25, 0.3) is 0 Å². The predicted octanol–water partition coefficient (Wildman–Crippen LogP) is 3.42. The van der Waals surface area contributed by atoms with Gasteiger partial charge < -0.3 is 10.1 Å². The van der Waals surface area contributed by atoms with Crippen molar-refractivity contribution in [1.82, 2.24) is 10.2 Å². The number of benzene rings is 1. The van der Waals surface area contributed by atoms with E-state index in [0.717, 1.165) is 36.4 Å². The van der Waals surface area contributed by atoms with E-state index in [1.165, 1.54) is 18.4 Å². The maximum absolute atomic E-state index is 5.35. The van der Waals surface area contributed by atoms with E-state index < -0.39 is 0 Å². The summed E-state index contributed by atoms with van der Waals surface area (Å²) in [6.07, 6.45) is 2.36. The topological polar surface area (TPSA) is 24.5 Å². The maximum atomic E-state index is 5.35. The highest BCUT2D eigenvalue weighted by atomic mass is 79.9. The molecule has 1 aliphatic rings. The minimum absolute atomic E-state index is 0.279. The molecule has 1 heterocycles. The van der Waals surface area contributed by atoms with Crippen molar-refractivity contribution >= 4 is 15.9 Å². The molecule has 4 heteroatoms. The van der Waals surface area contributed by atoms with Gasteiger partial charge in [0, 0.05) is 36.2 Å². The second-order valence-corrected chi connectivity index (χ2v) is 6.34. The van der Waals surface area contributed by atoms with Crippen molar-refractivity contribution in [3.05, 3.63) is 28.2 Å². The van der Waals surface area contributed by atoms with Crippen LogP contribution in [0.5, 0.6) is 5.75 Å². The first-order valence-corrected chi connectivity index (χ1v) is 8.22. The Balaban J connectivity index is 2.22. The van der Waals surface area contributed by atoms with Crippen molar-refractivity contribution in [2.24, 2.45) is 0 Å². The Morgan fingerprint density at radius 3 is 2.75 bits per heavy atom. The number of nitrogens with one attached hydrogen (secondary N) is 1. The molecule has 1 N–H and O–H groups in total. The van der Waals surface area contributed by atoms with Gasteiger partial charge in [-0.3, -0.25) is 4.90 Å². The fourth-order valence-corrected chi connectivity index (χ4v) is 3.45. The van der Waals surface area contributed by atoms with Gasteiger partial charge in [0.05, 0.1) is 7.11 Å². The molecule has 2 rings (SSSR count). The van der Waals surface area contributed by atoms with E-state index in [0.29, 0.717) is 0 Å². The van der Waals surface area contributed by atoms with Crippen molar-refractivity contribution in [3.63, 3.8) is 0 Å². The quantitative estimate of drug-likeness (QED) is 0.888. The van der Waals surface area contributed by atoms with Crippen LogP contribution in [0.4, 0.5) is 0 Å². The van der Waals surface area contributed by atoms with Gasteiger partial charge in [0.15, 0.2) is 0 Å². The van der Waals surface area contributed by atoms with Crippen LogP contribution in [0.1, 0.15) is 32.3 Å². The van der Waals surface area contributed by atoms with Gasteiger partial charge in [0.1, 0.15) is 5.75 Å². The molecular formula is C16H25BrN2O. The molecule has 112 valence electrons. The zero-order valence-corrected chi connectivity index (χ0v) is 14.3. The lowest BCUT2D eigenvalue weighted by Gasteiger charge is -2.47. The Morgan fingerprint density at radius 1 is 1.35 bits per heavy atom. The summed E-state index contributed by atoms with van der Waals surface area (Å²) >= 11 is 3.67. The Bertz CT molecular complexity index is 446. The molecule has 0 saturated carbocycles. The molecule has 1 aromatic rings. The highest BCUT2D eigenvalue weighted by molar-refractivity contribution is 9.10. The third-order valence-corrected chi connectivity index (χ3v) is 5.39. The Hall–Kier alpha value is -0.580. The van der Waals surface area contributed by atoms with Crippen LogP contribution in [-0.2, 0) is 6.54 Å². The van der Waals surface area contributed by atoms with Crippen LogP contribution in [0.3, 0.4) is 0 Å². The number of piperazine rings is 1. The summed E-state index contributed by atoms with van der Waals surface area (Å²) in [5, 5.41) is 3.55. The fraction of sp³-hybridized carbons (Fsp3) is 0.625. The van der Waals surface area contributed by atoms with E-state index >= 15 is 0 Å². The summed E-state index contributed by atoms with van der Waals surface area (Å²) in [4.78, 5) is 2.63. The van der Waals surface area contributed by atoms with E-state index in [-0.39, 0.29) is 5.54 Å². The number of halogens is 1. The number of methoxy groups -OCH3 is 1. The van der Waals surface area contributed by atoms with Crippen molar-refractivity contribution in [1.29, 1.82) is 0 Å². The van der Waals surface area contributed by atoms with Crippen LogP contribution >= 0.6 is 15.9 Å². The second-order valence-electron chi connectivity index (χ2n) is 5.49. The van der Waals surface area contributed by atoms with Crippen molar-refractivity contribution in [2.45, 2.75) is 38.8 Å². The number of hydrogen-bond acceptors (Lipinski definition) is 3. The van der Waals surface area contributed by atoms with Gasteiger partial charge in [-0.25, -0.2) is 0 Å². The Kier molecular flexibility index (Phi) is 5.47. The van der Waals surface area contributed by atoms with Gasteiger partial charge in [0.2, 0.25) is 0 Å². The summed E-state index contributed by atoms with van der Waals surface area (Å²) in [5.74, 6) is 0.928. The van der Waals surface area contributed by atoms with Gasteiger partial charge in [-0.15, -0.1) is 0 Å². The molecule has 0 amide bonds. The van der Waals surface area contributed by atoms with E-state index in [2.05, 4.69) is 52.1 Å². The monoisotopic (exact) mass is 340 g/mol. The van der Waals surface area contributed by atoms with Gasteiger partial charge in [-0.05, 0) is 36.6 Å². The van der Waals surface area contributed by atoms with E-state index in [4.69, 9.17) is 4.74 Å². The van der Waals surface area contributed by atoms with E-state index in [1.807, 2.05) is 6.07 Å². The molecule has 0 aliphatic carbocycles. The summed E-state index contributed by atoms with van der Waals surface area (Å²) < 4.78 is 6.52. The molecule has 1 aliphatic heterocycles. The Morgan fingerprint density at radius 2 is 2.10 bits per heavy atom. The lowest BCUT2D eigenvalue weighted by Crippen LogP contribution is -2.60. The molecule has 20 heavy (non-hydrogen) atoms. The summed E-state index contributed by atoms with van der Waals surface area (Å²) in [6.45, 7) is 8.83. The lowest BCUT2D eigenvalue weighted by atomic mass is 9.88. The first kappa shape index (κ1) is 15.8. The average molecular weight is 341 g/mol. The molecule has 0 aromatic heterocycles. The number of rotatable bonds is 5. The molecular weight excluding hydrogens is 316 g/mol. The molecule has 0 radical (unpaired) electrons. The largest absolute Gasteiger partial charge is 0.497 e.